The van der Waals surface area contributed by atoms with Crippen molar-refractivity contribution >= 4 is 27.3 Å². The molecule has 4 heteroatoms. The third kappa shape index (κ3) is 6.00. The molecule has 0 spiro atoms. The summed E-state index contributed by atoms with van der Waals surface area (Å²) in [6.45, 7) is 11.0. The van der Waals surface area contributed by atoms with Crippen LogP contribution in [0.15, 0.2) is 15.9 Å². The lowest BCUT2D eigenvalue weighted by molar-refractivity contribution is 0.200. The predicted molar refractivity (Wildman–Crippen MR) is 80.7 cm³/mol. The Labute approximate surface area is 118 Å². The van der Waals surface area contributed by atoms with Crippen LogP contribution in [0, 0.1) is 5.41 Å². The normalized spacial score (nSPS) is 12.4. The molecule has 0 unspecified atom stereocenters. The largest absolute Gasteiger partial charge is 0.316 e. The number of hydrogen-bond acceptors (Lipinski definition) is 3. The number of thiophene rings is 1. The first-order chi connectivity index (χ1) is 7.93. The summed E-state index contributed by atoms with van der Waals surface area (Å²) in [5.74, 6) is 0. The molecule has 0 aliphatic carbocycles. The van der Waals surface area contributed by atoms with Crippen molar-refractivity contribution in [2.75, 3.05) is 26.7 Å². The maximum atomic E-state index is 3.50. The van der Waals surface area contributed by atoms with Crippen molar-refractivity contribution in [1.82, 2.24) is 10.2 Å². The molecule has 0 aliphatic heterocycles. The Bertz CT molecular complexity index is 336. The third-order valence-electron chi connectivity index (χ3n) is 2.60. The van der Waals surface area contributed by atoms with Crippen LogP contribution in [0.4, 0.5) is 0 Å². The molecule has 2 nitrogen and oxygen atoms in total. The summed E-state index contributed by atoms with van der Waals surface area (Å²) < 4.78 is 1.19. The molecular formula is C13H23BrN2S. The topological polar surface area (TPSA) is 15.3 Å². The van der Waals surface area contributed by atoms with E-state index in [1.54, 1.807) is 0 Å². The SMILES string of the molecule is CCNCC(C)(C)CN(C)Cc1cc(Br)cs1. The third-order valence-corrected chi connectivity index (χ3v) is 4.28. The molecule has 1 aromatic rings. The van der Waals surface area contributed by atoms with Gasteiger partial charge < -0.3 is 10.2 Å². The van der Waals surface area contributed by atoms with Gasteiger partial charge in [-0.05, 0) is 41.0 Å². The number of nitrogens with one attached hydrogen (secondary N) is 1. The predicted octanol–water partition coefficient (Wildman–Crippen LogP) is 3.58. The first-order valence-electron chi connectivity index (χ1n) is 6.05. The summed E-state index contributed by atoms with van der Waals surface area (Å²) in [7, 11) is 2.20. The van der Waals surface area contributed by atoms with Crippen molar-refractivity contribution in [1.29, 1.82) is 0 Å². The highest BCUT2D eigenvalue weighted by Gasteiger charge is 2.19. The highest BCUT2D eigenvalue weighted by Crippen LogP contribution is 2.22. The van der Waals surface area contributed by atoms with Crippen molar-refractivity contribution in [3.05, 3.63) is 20.8 Å². The second-order valence-corrected chi connectivity index (χ2v) is 7.26. The summed E-state index contributed by atoms with van der Waals surface area (Å²) >= 11 is 5.32. The minimum absolute atomic E-state index is 0.319. The Morgan fingerprint density at radius 3 is 2.71 bits per heavy atom. The average molecular weight is 319 g/mol. The van der Waals surface area contributed by atoms with E-state index in [9.17, 15) is 0 Å². The fourth-order valence-electron chi connectivity index (χ4n) is 2.01. The summed E-state index contributed by atoms with van der Waals surface area (Å²) in [6, 6.07) is 2.21. The average Bonchev–Trinajstić information content (AvgIpc) is 2.60. The highest BCUT2D eigenvalue weighted by molar-refractivity contribution is 9.10. The molecule has 17 heavy (non-hydrogen) atoms. The van der Waals surface area contributed by atoms with E-state index in [-0.39, 0.29) is 0 Å². The molecule has 98 valence electrons. The van der Waals surface area contributed by atoms with E-state index < -0.39 is 0 Å². The quantitative estimate of drug-likeness (QED) is 0.826. The standard InChI is InChI=1S/C13H23BrN2S/c1-5-15-9-13(2,3)10-16(4)7-12-6-11(14)8-17-12/h6,8,15H,5,7,9-10H2,1-4H3. The molecule has 0 amide bonds. The van der Waals surface area contributed by atoms with Gasteiger partial charge in [-0.15, -0.1) is 11.3 Å². The molecule has 0 aromatic carbocycles. The summed E-state index contributed by atoms with van der Waals surface area (Å²) in [5, 5.41) is 5.58. The van der Waals surface area contributed by atoms with E-state index in [0.29, 0.717) is 5.41 Å². The Balaban J connectivity index is 2.40. The zero-order valence-electron chi connectivity index (χ0n) is 11.2. The van der Waals surface area contributed by atoms with Gasteiger partial charge in [-0.1, -0.05) is 20.8 Å². The number of hydrogen-bond donors (Lipinski definition) is 1. The minimum atomic E-state index is 0.319. The van der Waals surface area contributed by atoms with E-state index in [4.69, 9.17) is 0 Å². The van der Waals surface area contributed by atoms with Crippen LogP contribution < -0.4 is 5.32 Å². The Morgan fingerprint density at radius 1 is 1.47 bits per heavy atom. The molecule has 0 saturated heterocycles. The van der Waals surface area contributed by atoms with Gasteiger partial charge in [0.1, 0.15) is 0 Å². The molecule has 1 heterocycles. The van der Waals surface area contributed by atoms with Crippen LogP contribution in [0.1, 0.15) is 25.6 Å². The van der Waals surface area contributed by atoms with Crippen LogP contribution in [0.5, 0.6) is 0 Å². The maximum absolute atomic E-state index is 3.50. The molecular weight excluding hydrogens is 296 g/mol. The van der Waals surface area contributed by atoms with Gasteiger partial charge in [0.05, 0.1) is 0 Å². The second kappa shape index (κ2) is 6.88. The van der Waals surface area contributed by atoms with Crippen LogP contribution in [0.3, 0.4) is 0 Å². The first kappa shape index (κ1) is 15.2. The zero-order chi connectivity index (χ0) is 12.9. The van der Waals surface area contributed by atoms with Gasteiger partial charge in [-0.25, -0.2) is 0 Å². The molecule has 0 aliphatic rings. The van der Waals surface area contributed by atoms with Crippen LogP contribution in [-0.4, -0.2) is 31.6 Å². The van der Waals surface area contributed by atoms with Crippen molar-refractivity contribution in [3.63, 3.8) is 0 Å². The summed E-state index contributed by atoms with van der Waals surface area (Å²) in [6.07, 6.45) is 0. The molecule has 1 N–H and O–H groups in total. The van der Waals surface area contributed by atoms with Crippen molar-refractivity contribution < 1.29 is 0 Å². The Hall–Kier alpha value is 0.1000. The molecule has 0 radical (unpaired) electrons. The van der Waals surface area contributed by atoms with Gasteiger partial charge in [0.2, 0.25) is 0 Å². The molecule has 1 rings (SSSR count). The first-order valence-corrected chi connectivity index (χ1v) is 7.72. The number of rotatable bonds is 7. The monoisotopic (exact) mass is 318 g/mol. The van der Waals surface area contributed by atoms with E-state index in [0.717, 1.165) is 26.2 Å². The second-order valence-electron chi connectivity index (χ2n) is 5.35. The Morgan fingerprint density at radius 2 is 2.18 bits per heavy atom. The minimum Gasteiger partial charge on any atom is -0.316 e. The lowest BCUT2D eigenvalue weighted by Gasteiger charge is -2.30. The van der Waals surface area contributed by atoms with Crippen molar-refractivity contribution in [2.45, 2.75) is 27.3 Å². The molecule has 0 atom stereocenters. The smallest absolute Gasteiger partial charge is 0.0325 e. The molecule has 0 fully saturated rings. The Kier molecular flexibility index (Phi) is 6.13. The number of halogens is 1. The van der Waals surface area contributed by atoms with Gasteiger partial charge in [-0.2, -0.15) is 0 Å². The van der Waals surface area contributed by atoms with Crippen molar-refractivity contribution in [2.24, 2.45) is 5.41 Å². The zero-order valence-corrected chi connectivity index (χ0v) is 13.6. The van der Waals surface area contributed by atoms with Crippen molar-refractivity contribution in [3.8, 4) is 0 Å². The molecule has 1 aromatic heterocycles. The summed E-state index contributed by atoms with van der Waals surface area (Å²) in [5.41, 5.74) is 0.319. The van der Waals surface area contributed by atoms with Gasteiger partial charge in [0.25, 0.3) is 0 Å². The fourth-order valence-corrected chi connectivity index (χ4v) is 3.54. The van der Waals surface area contributed by atoms with E-state index >= 15 is 0 Å². The van der Waals surface area contributed by atoms with Gasteiger partial charge in [0.15, 0.2) is 0 Å². The number of nitrogens with zero attached hydrogens (tertiary/aromatic N) is 1. The van der Waals surface area contributed by atoms with E-state index in [1.165, 1.54) is 9.35 Å². The van der Waals surface area contributed by atoms with Gasteiger partial charge in [0, 0.05) is 34.4 Å². The van der Waals surface area contributed by atoms with Gasteiger partial charge in [-0.3, -0.25) is 0 Å². The van der Waals surface area contributed by atoms with Crippen LogP contribution >= 0.6 is 27.3 Å². The van der Waals surface area contributed by atoms with Crippen LogP contribution in [0.25, 0.3) is 0 Å². The lowest BCUT2D eigenvalue weighted by Crippen LogP contribution is -2.38. The van der Waals surface area contributed by atoms with Crippen LogP contribution in [0.2, 0.25) is 0 Å². The fraction of sp³-hybridized carbons (Fsp3) is 0.692. The summed E-state index contributed by atoms with van der Waals surface area (Å²) in [4.78, 5) is 3.81. The molecule has 0 saturated carbocycles. The molecule has 0 bridgehead atoms. The highest BCUT2D eigenvalue weighted by atomic mass is 79.9. The van der Waals surface area contributed by atoms with Crippen LogP contribution in [-0.2, 0) is 6.54 Å². The maximum Gasteiger partial charge on any atom is 0.0325 e. The van der Waals surface area contributed by atoms with E-state index in [2.05, 4.69) is 65.4 Å². The lowest BCUT2D eigenvalue weighted by atomic mass is 9.93. The van der Waals surface area contributed by atoms with Gasteiger partial charge >= 0.3 is 0 Å². The van der Waals surface area contributed by atoms with E-state index in [1.807, 2.05) is 11.3 Å².